The normalized spacial score (nSPS) is 15.8. The van der Waals surface area contributed by atoms with E-state index in [9.17, 15) is 9.59 Å². The first-order valence-electron chi connectivity index (χ1n) is 7.80. The van der Waals surface area contributed by atoms with Crippen LogP contribution in [0.3, 0.4) is 0 Å². The van der Waals surface area contributed by atoms with Gasteiger partial charge in [0.1, 0.15) is 6.29 Å². The highest BCUT2D eigenvalue weighted by Gasteiger charge is 2.30. The van der Waals surface area contributed by atoms with Gasteiger partial charge in [-0.1, -0.05) is 18.2 Å². The molecule has 1 aliphatic heterocycles. The molecular weight excluding hydrogens is 306 g/mol. The van der Waals surface area contributed by atoms with E-state index in [1.54, 1.807) is 23.1 Å². The first-order valence-corrected chi connectivity index (χ1v) is 7.80. The largest absolute Gasteiger partial charge is 0.493 e. The monoisotopic (exact) mass is 325 g/mol. The third-order valence-corrected chi connectivity index (χ3v) is 4.15. The zero-order chi connectivity index (χ0) is 17.1. The first kappa shape index (κ1) is 16.1. The zero-order valence-electron chi connectivity index (χ0n) is 13.7. The predicted molar refractivity (Wildman–Crippen MR) is 91.0 cm³/mol. The lowest BCUT2D eigenvalue weighted by atomic mass is 10.1. The maximum Gasteiger partial charge on any atom is 0.265 e. The Bertz CT molecular complexity index is 772. The van der Waals surface area contributed by atoms with E-state index in [2.05, 4.69) is 0 Å². The molecule has 124 valence electrons. The molecule has 2 aromatic rings. The Hall–Kier alpha value is -2.82. The van der Waals surface area contributed by atoms with Gasteiger partial charge in [0.05, 0.1) is 7.11 Å². The fourth-order valence-corrected chi connectivity index (χ4v) is 3.03. The van der Waals surface area contributed by atoms with E-state index in [1.165, 1.54) is 12.7 Å². The van der Waals surface area contributed by atoms with Crippen LogP contribution in [0.1, 0.15) is 22.8 Å². The van der Waals surface area contributed by atoms with E-state index >= 15 is 0 Å². The highest BCUT2D eigenvalue weighted by atomic mass is 16.5. The summed E-state index contributed by atoms with van der Waals surface area (Å²) in [4.78, 5) is 25.3. The molecule has 0 aromatic heterocycles. The number of para-hydroxylation sites is 1. The zero-order valence-corrected chi connectivity index (χ0v) is 13.7. The third-order valence-electron chi connectivity index (χ3n) is 4.15. The van der Waals surface area contributed by atoms with Gasteiger partial charge in [0, 0.05) is 17.3 Å². The van der Waals surface area contributed by atoms with Crippen LogP contribution < -0.4 is 14.4 Å². The lowest BCUT2D eigenvalue weighted by molar-refractivity contribution is -0.120. The number of amides is 1. The maximum absolute atomic E-state index is 12.6. The Morgan fingerprint density at radius 3 is 2.79 bits per heavy atom. The fourth-order valence-electron chi connectivity index (χ4n) is 3.03. The standard InChI is InChI=1S/C19H19NO4/c1-13-9-15-5-3-4-6-16(15)20(13)19(22)12-24-18-10-14(11-21)7-8-17(18)23-2/h3-8,10-11,13H,9,12H2,1-2H3/t13-/m0/s1. The molecule has 0 N–H and O–H groups in total. The van der Waals surface area contributed by atoms with Crippen LogP contribution in [0.25, 0.3) is 0 Å². The molecule has 1 aliphatic rings. The number of rotatable bonds is 5. The van der Waals surface area contributed by atoms with E-state index in [1.807, 2.05) is 31.2 Å². The number of carbonyl (C=O) groups excluding carboxylic acids is 2. The Morgan fingerprint density at radius 1 is 1.25 bits per heavy atom. The summed E-state index contributed by atoms with van der Waals surface area (Å²) in [6, 6.07) is 12.8. The van der Waals surface area contributed by atoms with Crippen molar-refractivity contribution >= 4 is 17.9 Å². The van der Waals surface area contributed by atoms with Gasteiger partial charge in [-0.2, -0.15) is 0 Å². The third kappa shape index (κ3) is 2.97. The van der Waals surface area contributed by atoms with Gasteiger partial charge in [-0.25, -0.2) is 0 Å². The van der Waals surface area contributed by atoms with Crippen LogP contribution in [0.4, 0.5) is 5.69 Å². The molecule has 5 heteroatoms. The summed E-state index contributed by atoms with van der Waals surface area (Å²) in [5, 5.41) is 0. The van der Waals surface area contributed by atoms with Crippen LogP contribution in [0.2, 0.25) is 0 Å². The number of anilines is 1. The van der Waals surface area contributed by atoms with Gasteiger partial charge in [-0.3, -0.25) is 9.59 Å². The molecular formula is C19H19NO4. The van der Waals surface area contributed by atoms with E-state index in [0.717, 1.165) is 18.4 Å². The molecule has 0 saturated carbocycles. The number of nitrogens with zero attached hydrogens (tertiary/aromatic N) is 1. The average Bonchev–Trinajstić information content (AvgIpc) is 2.95. The van der Waals surface area contributed by atoms with Crippen LogP contribution in [-0.4, -0.2) is 32.0 Å². The average molecular weight is 325 g/mol. The molecule has 0 bridgehead atoms. The lowest BCUT2D eigenvalue weighted by Crippen LogP contribution is -2.39. The van der Waals surface area contributed by atoms with Crippen molar-refractivity contribution in [1.29, 1.82) is 0 Å². The minimum absolute atomic E-state index is 0.0988. The van der Waals surface area contributed by atoms with Crippen molar-refractivity contribution in [2.24, 2.45) is 0 Å². The van der Waals surface area contributed by atoms with Gasteiger partial charge < -0.3 is 14.4 Å². The minimum atomic E-state index is -0.119. The van der Waals surface area contributed by atoms with E-state index in [4.69, 9.17) is 9.47 Å². The smallest absolute Gasteiger partial charge is 0.265 e. The number of carbonyl (C=O) groups is 2. The van der Waals surface area contributed by atoms with E-state index in [0.29, 0.717) is 17.1 Å². The number of hydrogen-bond acceptors (Lipinski definition) is 4. The quantitative estimate of drug-likeness (QED) is 0.793. The molecule has 0 fully saturated rings. The van der Waals surface area contributed by atoms with E-state index < -0.39 is 0 Å². The van der Waals surface area contributed by atoms with Crippen LogP contribution in [0.5, 0.6) is 11.5 Å². The molecule has 1 atom stereocenters. The highest BCUT2D eigenvalue weighted by molar-refractivity contribution is 5.97. The summed E-state index contributed by atoms with van der Waals surface area (Å²) in [7, 11) is 1.52. The van der Waals surface area contributed by atoms with Gasteiger partial charge in [-0.05, 0) is 43.2 Å². The van der Waals surface area contributed by atoms with Crippen molar-refractivity contribution in [2.45, 2.75) is 19.4 Å². The summed E-state index contributed by atoms with van der Waals surface area (Å²) < 4.78 is 10.8. The first-order chi connectivity index (χ1) is 11.6. The second kappa shape index (κ2) is 6.74. The van der Waals surface area contributed by atoms with Crippen LogP contribution >= 0.6 is 0 Å². The number of methoxy groups -OCH3 is 1. The van der Waals surface area contributed by atoms with Crippen molar-refractivity contribution in [3.63, 3.8) is 0 Å². The lowest BCUT2D eigenvalue weighted by Gasteiger charge is -2.23. The summed E-state index contributed by atoms with van der Waals surface area (Å²) >= 11 is 0. The molecule has 0 saturated heterocycles. The number of aldehydes is 1. The topological polar surface area (TPSA) is 55.8 Å². The van der Waals surface area contributed by atoms with E-state index in [-0.39, 0.29) is 18.6 Å². The minimum Gasteiger partial charge on any atom is -0.493 e. The van der Waals surface area contributed by atoms with Gasteiger partial charge in [0.25, 0.3) is 5.91 Å². The maximum atomic E-state index is 12.6. The highest BCUT2D eigenvalue weighted by Crippen LogP contribution is 2.32. The van der Waals surface area contributed by atoms with Crippen molar-refractivity contribution < 1.29 is 19.1 Å². The molecule has 3 rings (SSSR count). The second-order valence-corrected chi connectivity index (χ2v) is 5.76. The molecule has 5 nitrogen and oxygen atoms in total. The van der Waals surface area contributed by atoms with Crippen LogP contribution in [0, 0.1) is 0 Å². The number of hydrogen-bond donors (Lipinski definition) is 0. The predicted octanol–water partition coefficient (Wildman–Crippen LogP) is 2.86. The molecule has 1 amide bonds. The summed E-state index contributed by atoms with van der Waals surface area (Å²) in [5.74, 6) is 0.755. The van der Waals surface area contributed by atoms with Gasteiger partial charge >= 0.3 is 0 Å². The Balaban J connectivity index is 1.76. The Labute approximate surface area is 140 Å². The van der Waals surface area contributed by atoms with Crippen molar-refractivity contribution in [1.82, 2.24) is 0 Å². The number of benzene rings is 2. The molecule has 1 heterocycles. The summed E-state index contributed by atoms with van der Waals surface area (Å²) in [6.45, 7) is 1.91. The number of fused-ring (bicyclic) bond motifs is 1. The van der Waals surface area contributed by atoms with Crippen LogP contribution in [0.15, 0.2) is 42.5 Å². The van der Waals surface area contributed by atoms with Crippen molar-refractivity contribution in [3.05, 3.63) is 53.6 Å². The summed E-state index contributed by atoms with van der Waals surface area (Å²) in [5.41, 5.74) is 2.57. The van der Waals surface area contributed by atoms with Gasteiger partial charge in [-0.15, -0.1) is 0 Å². The molecule has 2 aromatic carbocycles. The molecule has 0 spiro atoms. The fraction of sp³-hybridized carbons (Fsp3) is 0.263. The molecule has 0 aliphatic carbocycles. The van der Waals surface area contributed by atoms with Gasteiger partial charge in [0.2, 0.25) is 0 Å². The Morgan fingerprint density at radius 2 is 2.04 bits per heavy atom. The van der Waals surface area contributed by atoms with Crippen molar-refractivity contribution in [2.75, 3.05) is 18.6 Å². The Kier molecular flexibility index (Phi) is 4.51. The summed E-state index contributed by atoms with van der Waals surface area (Å²) in [6.07, 6.45) is 1.57. The van der Waals surface area contributed by atoms with Gasteiger partial charge in [0.15, 0.2) is 18.1 Å². The molecule has 24 heavy (non-hydrogen) atoms. The van der Waals surface area contributed by atoms with Crippen LogP contribution in [-0.2, 0) is 11.2 Å². The van der Waals surface area contributed by atoms with Crippen molar-refractivity contribution in [3.8, 4) is 11.5 Å². The number of ether oxygens (including phenoxy) is 2. The molecule has 0 radical (unpaired) electrons. The second-order valence-electron chi connectivity index (χ2n) is 5.76. The molecule has 0 unspecified atom stereocenters. The SMILES string of the molecule is COc1ccc(C=O)cc1OCC(=O)N1c2ccccc2C[C@@H]1C.